The van der Waals surface area contributed by atoms with Crippen molar-refractivity contribution in [2.45, 2.75) is 12.8 Å². The van der Waals surface area contributed by atoms with Gasteiger partial charge in [-0.25, -0.2) is 0 Å². The Labute approximate surface area is 115 Å². The molecule has 0 radical (unpaired) electrons. The summed E-state index contributed by atoms with van der Waals surface area (Å²) in [5.41, 5.74) is 0. The van der Waals surface area contributed by atoms with Crippen LogP contribution in [0.1, 0.15) is 12.8 Å². The van der Waals surface area contributed by atoms with Gasteiger partial charge in [0.2, 0.25) is 5.91 Å². The lowest BCUT2D eigenvalue weighted by molar-refractivity contribution is -0.134. The molecule has 2 aliphatic heterocycles. The Morgan fingerprint density at radius 1 is 0.895 bits per heavy atom. The topological polar surface area (TPSA) is 36.0 Å². The monoisotopic (exact) mass is 267 g/mol. The van der Waals surface area contributed by atoms with Crippen molar-refractivity contribution in [3.05, 3.63) is 0 Å². The number of hydrogen-bond donors (Lipinski definition) is 0. The highest BCUT2D eigenvalue weighted by Gasteiger charge is 2.34. The molecule has 108 valence electrons. The molecule has 2 saturated heterocycles. The number of rotatable bonds is 4. The highest BCUT2D eigenvalue weighted by Crippen LogP contribution is 2.31. The first-order valence-electron chi connectivity index (χ1n) is 7.64. The van der Waals surface area contributed by atoms with Crippen molar-refractivity contribution in [2.75, 3.05) is 65.6 Å². The first-order chi connectivity index (χ1) is 9.33. The summed E-state index contributed by atoms with van der Waals surface area (Å²) in [7, 11) is 0. The third-order valence-corrected chi connectivity index (χ3v) is 4.45. The molecule has 0 aromatic carbocycles. The van der Waals surface area contributed by atoms with E-state index >= 15 is 0 Å². The lowest BCUT2D eigenvalue weighted by atomic mass is 10.2. The molecule has 3 aliphatic rings. The normalized spacial score (nSPS) is 26.6. The summed E-state index contributed by atoms with van der Waals surface area (Å²) in [6.45, 7) is 10.1. The second-order valence-corrected chi connectivity index (χ2v) is 5.90. The SMILES string of the molecule is O=C(C1CC1)N1CCN(CCN2CCOCC2)CC1. The third-order valence-electron chi connectivity index (χ3n) is 4.45. The molecule has 5 nitrogen and oxygen atoms in total. The highest BCUT2D eigenvalue weighted by atomic mass is 16.5. The molecule has 0 bridgehead atoms. The van der Waals surface area contributed by atoms with Crippen LogP contribution < -0.4 is 0 Å². The number of nitrogens with zero attached hydrogens (tertiary/aromatic N) is 3. The van der Waals surface area contributed by atoms with E-state index < -0.39 is 0 Å². The number of carbonyl (C=O) groups is 1. The van der Waals surface area contributed by atoms with Gasteiger partial charge in [0.1, 0.15) is 0 Å². The van der Waals surface area contributed by atoms with Gasteiger partial charge in [0.15, 0.2) is 0 Å². The number of amides is 1. The van der Waals surface area contributed by atoms with Crippen LogP contribution in [0.4, 0.5) is 0 Å². The molecule has 0 atom stereocenters. The van der Waals surface area contributed by atoms with E-state index in [4.69, 9.17) is 4.74 Å². The van der Waals surface area contributed by atoms with Crippen LogP contribution in [0.5, 0.6) is 0 Å². The number of piperazine rings is 1. The lowest BCUT2D eigenvalue weighted by Crippen LogP contribution is -2.51. The van der Waals surface area contributed by atoms with Gasteiger partial charge in [-0.15, -0.1) is 0 Å². The zero-order valence-electron chi connectivity index (χ0n) is 11.7. The Morgan fingerprint density at radius 3 is 2.05 bits per heavy atom. The molecule has 0 spiro atoms. The molecule has 2 heterocycles. The molecular weight excluding hydrogens is 242 g/mol. The van der Waals surface area contributed by atoms with Crippen molar-refractivity contribution in [3.63, 3.8) is 0 Å². The number of ether oxygens (including phenoxy) is 1. The summed E-state index contributed by atoms with van der Waals surface area (Å²) in [6.07, 6.45) is 2.24. The molecule has 1 aliphatic carbocycles. The van der Waals surface area contributed by atoms with Gasteiger partial charge in [0, 0.05) is 58.3 Å². The van der Waals surface area contributed by atoms with Crippen LogP contribution >= 0.6 is 0 Å². The van der Waals surface area contributed by atoms with Gasteiger partial charge in [0.25, 0.3) is 0 Å². The maximum Gasteiger partial charge on any atom is 0.225 e. The fourth-order valence-electron chi connectivity index (χ4n) is 2.89. The van der Waals surface area contributed by atoms with Crippen molar-refractivity contribution in [3.8, 4) is 0 Å². The zero-order chi connectivity index (χ0) is 13.1. The van der Waals surface area contributed by atoms with Crippen molar-refractivity contribution >= 4 is 5.91 Å². The summed E-state index contributed by atoms with van der Waals surface area (Å²) in [6, 6.07) is 0. The van der Waals surface area contributed by atoms with Crippen LogP contribution in [0.3, 0.4) is 0 Å². The van der Waals surface area contributed by atoms with Gasteiger partial charge in [-0.2, -0.15) is 0 Å². The highest BCUT2D eigenvalue weighted by molar-refractivity contribution is 5.81. The molecule has 0 aromatic heterocycles. The Hall–Kier alpha value is -0.650. The predicted molar refractivity (Wildman–Crippen MR) is 73.0 cm³/mol. The van der Waals surface area contributed by atoms with E-state index in [0.29, 0.717) is 11.8 Å². The van der Waals surface area contributed by atoms with E-state index in [1.165, 1.54) is 0 Å². The minimum Gasteiger partial charge on any atom is -0.379 e. The number of morpholine rings is 1. The molecule has 3 fully saturated rings. The standard InChI is InChI=1S/C14H25N3O2/c18-14(13-1-2-13)17-7-5-15(6-8-17)3-4-16-9-11-19-12-10-16/h13H,1-12H2. The molecule has 19 heavy (non-hydrogen) atoms. The summed E-state index contributed by atoms with van der Waals surface area (Å²) < 4.78 is 5.36. The average Bonchev–Trinajstić information content (AvgIpc) is 3.31. The summed E-state index contributed by atoms with van der Waals surface area (Å²) in [5, 5.41) is 0. The quantitative estimate of drug-likeness (QED) is 0.711. The molecular formula is C14H25N3O2. The van der Waals surface area contributed by atoms with Gasteiger partial charge in [-0.05, 0) is 12.8 Å². The van der Waals surface area contributed by atoms with E-state index in [1.807, 2.05) is 0 Å². The van der Waals surface area contributed by atoms with Gasteiger partial charge >= 0.3 is 0 Å². The van der Waals surface area contributed by atoms with Crippen molar-refractivity contribution in [1.29, 1.82) is 0 Å². The molecule has 0 N–H and O–H groups in total. The minimum atomic E-state index is 0.375. The average molecular weight is 267 g/mol. The minimum absolute atomic E-state index is 0.375. The second-order valence-electron chi connectivity index (χ2n) is 5.90. The first-order valence-corrected chi connectivity index (χ1v) is 7.64. The predicted octanol–water partition coefficient (Wildman–Crippen LogP) is -0.127. The van der Waals surface area contributed by atoms with Crippen molar-refractivity contribution in [1.82, 2.24) is 14.7 Å². The fourth-order valence-corrected chi connectivity index (χ4v) is 2.89. The van der Waals surface area contributed by atoms with Crippen LogP contribution in [0.25, 0.3) is 0 Å². The van der Waals surface area contributed by atoms with Gasteiger partial charge in [-0.3, -0.25) is 14.6 Å². The molecule has 3 rings (SSSR count). The lowest BCUT2D eigenvalue weighted by Gasteiger charge is -2.36. The van der Waals surface area contributed by atoms with Crippen LogP contribution in [0, 0.1) is 5.92 Å². The summed E-state index contributed by atoms with van der Waals surface area (Å²) in [4.78, 5) is 19.0. The smallest absolute Gasteiger partial charge is 0.225 e. The molecule has 1 amide bonds. The number of carbonyl (C=O) groups excluding carboxylic acids is 1. The van der Waals surface area contributed by atoms with Crippen LogP contribution in [0.2, 0.25) is 0 Å². The largest absolute Gasteiger partial charge is 0.379 e. The Kier molecular flexibility index (Phi) is 4.35. The van der Waals surface area contributed by atoms with E-state index in [1.54, 1.807) is 0 Å². The zero-order valence-corrected chi connectivity index (χ0v) is 11.7. The fraction of sp³-hybridized carbons (Fsp3) is 0.929. The van der Waals surface area contributed by atoms with E-state index in [9.17, 15) is 4.79 Å². The molecule has 0 unspecified atom stereocenters. The third kappa shape index (κ3) is 3.68. The summed E-state index contributed by atoms with van der Waals surface area (Å²) in [5.74, 6) is 0.785. The van der Waals surface area contributed by atoms with Crippen LogP contribution in [0.15, 0.2) is 0 Å². The maximum atomic E-state index is 12.0. The van der Waals surface area contributed by atoms with Gasteiger partial charge in [-0.1, -0.05) is 0 Å². The van der Waals surface area contributed by atoms with Gasteiger partial charge < -0.3 is 9.64 Å². The molecule has 5 heteroatoms. The van der Waals surface area contributed by atoms with Crippen LogP contribution in [-0.4, -0.2) is 86.2 Å². The van der Waals surface area contributed by atoms with E-state index in [0.717, 1.165) is 78.4 Å². The van der Waals surface area contributed by atoms with Crippen molar-refractivity contribution < 1.29 is 9.53 Å². The second kappa shape index (κ2) is 6.20. The Bertz CT molecular complexity index is 306. The molecule has 0 aromatic rings. The van der Waals surface area contributed by atoms with E-state index in [-0.39, 0.29) is 0 Å². The van der Waals surface area contributed by atoms with Crippen LogP contribution in [-0.2, 0) is 9.53 Å². The summed E-state index contributed by atoms with van der Waals surface area (Å²) >= 11 is 0. The maximum absolute atomic E-state index is 12.0. The number of hydrogen-bond acceptors (Lipinski definition) is 4. The Morgan fingerprint density at radius 2 is 1.47 bits per heavy atom. The van der Waals surface area contributed by atoms with Crippen molar-refractivity contribution in [2.24, 2.45) is 5.92 Å². The Balaban J connectivity index is 1.34. The van der Waals surface area contributed by atoms with Gasteiger partial charge in [0.05, 0.1) is 13.2 Å². The first kappa shape index (κ1) is 13.3. The molecule has 1 saturated carbocycles. The van der Waals surface area contributed by atoms with E-state index in [2.05, 4.69) is 14.7 Å².